The van der Waals surface area contributed by atoms with Crippen molar-refractivity contribution in [1.82, 2.24) is 10.9 Å². The third-order valence-corrected chi connectivity index (χ3v) is 1.94. The second kappa shape index (κ2) is 4.62. The van der Waals surface area contributed by atoms with E-state index >= 15 is 0 Å². The Hall–Kier alpha value is -1.35. The lowest BCUT2D eigenvalue weighted by molar-refractivity contribution is -0.123. The van der Waals surface area contributed by atoms with Crippen LogP contribution in [-0.2, 0) is 4.79 Å². The van der Waals surface area contributed by atoms with Crippen LogP contribution in [0.2, 0.25) is 0 Å². The molecule has 1 unspecified atom stereocenters. The number of hydrazine groups is 1. The smallest absolute Gasteiger partial charge is 0.241 e. The van der Waals surface area contributed by atoms with Gasteiger partial charge in [0.25, 0.3) is 0 Å². The van der Waals surface area contributed by atoms with Crippen molar-refractivity contribution in [2.75, 3.05) is 7.05 Å². The molecule has 70 valence electrons. The Morgan fingerprint density at radius 2 is 1.92 bits per heavy atom. The highest BCUT2D eigenvalue weighted by atomic mass is 16.2. The molecular formula is C10H14N2O. The van der Waals surface area contributed by atoms with Crippen LogP contribution < -0.4 is 10.9 Å². The molecule has 1 amide bonds. The van der Waals surface area contributed by atoms with Crippen molar-refractivity contribution in [3.8, 4) is 0 Å². The molecule has 0 spiro atoms. The van der Waals surface area contributed by atoms with Crippen LogP contribution in [-0.4, -0.2) is 13.0 Å². The summed E-state index contributed by atoms with van der Waals surface area (Å²) in [6.07, 6.45) is 0. The molecule has 0 aliphatic carbocycles. The monoisotopic (exact) mass is 178 g/mol. The third-order valence-electron chi connectivity index (χ3n) is 1.94. The van der Waals surface area contributed by atoms with Crippen molar-refractivity contribution < 1.29 is 4.79 Å². The van der Waals surface area contributed by atoms with Gasteiger partial charge in [0, 0.05) is 7.05 Å². The van der Waals surface area contributed by atoms with Crippen LogP contribution in [0.25, 0.3) is 0 Å². The predicted octanol–water partition coefficient (Wildman–Crippen LogP) is 1.04. The van der Waals surface area contributed by atoms with E-state index in [0.29, 0.717) is 0 Å². The van der Waals surface area contributed by atoms with Crippen LogP contribution in [0.3, 0.4) is 0 Å². The molecule has 2 N–H and O–H groups in total. The molecule has 1 atom stereocenters. The fourth-order valence-corrected chi connectivity index (χ4v) is 1.12. The SMILES string of the molecule is CNNC(=O)C(C)c1ccccc1. The summed E-state index contributed by atoms with van der Waals surface area (Å²) < 4.78 is 0. The molecule has 3 heteroatoms. The van der Waals surface area contributed by atoms with E-state index in [4.69, 9.17) is 0 Å². The number of hydrogen-bond acceptors (Lipinski definition) is 2. The normalized spacial score (nSPS) is 12.2. The first-order valence-electron chi connectivity index (χ1n) is 4.27. The standard InChI is InChI=1S/C10H14N2O/c1-8(10(13)12-11-2)9-6-4-3-5-7-9/h3-8,11H,1-2H3,(H,12,13). The number of carbonyl (C=O) groups is 1. The Morgan fingerprint density at radius 1 is 1.31 bits per heavy atom. The minimum atomic E-state index is -0.117. The van der Waals surface area contributed by atoms with Crippen LogP contribution in [0.15, 0.2) is 30.3 Å². The van der Waals surface area contributed by atoms with Crippen molar-refractivity contribution >= 4 is 5.91 Å². The molecule has 1 rings (SSSR count). The predicted molar refractivity (Wildman–Crippen MR) is 52.1 cm³/mol. The molecule has 0 fully saturated rings. The van der Waals surface area contributed by atoms with Gasteiger partial charge in [-0.25, -0.2) is 5.43 Å². The van der Waals surface area contributed by atoms with Crippen LogP contribution in [0, 0.1) is 0 Å². The Balaban J connectivity index is 2.68. The first kappa shape index (κ1) is 9.74. The number of hydrogen-bond donors (Lipinski definition) is 2. The minimum absolute atomic E-state index is 0.0197. The van der Waals surface area contributed by atoms with E-state index in [1.54, 1.807) is 7.05 Å². The largest absolute Gasteiger partial charge is 0.291 e. The second-order valence-corrected chi connectivity index (χ2v) is 2.87. The van der Waals surface area contributed by atoms with Crippen molar-refractivity contribution in [3.05, 3.63) is 35.9 Å². The van der Waals surface area contributed by atoms with Gasteiger partial charge in [-0.1, -0.05) is 30.3 Å². The molecule has 0 heterocycles. The van der Waals surface area contributed by atoms with E-state index in [9.17, 15) is 4.79 Å². The molecule has 0 saturated heterocycles. The average molecular weight is 178 g/mol. The fraction of sp³-hybridized carbons (Fsp3) is 0.300. The van der Waals surface area contributed by atoms with Gasteiger partial charge in [-0.15, -0.1) is 0 Å². The van der Waals surface area contributed by atoms with E-state index in [1.165, 1.54) is 0 Å². The molecule has 3 nitrogen and oxygen atoms in total. The summed E-state index contributed by atoms with van der Waals surface area (Å²) >= 11 is 0. The van der Waals surface area contributed by atoms with Crippen LogP contribution in [0.1, 0.15) is 18.4 Å². The summed E-state index contributed by atoms with van der Waals surface area (Å²) in [5, 5.41) is 0. The molecule has 0 aromatic heterocycles. The maximum absolute atomic E-state index is 11.4. The van der Waals surface area contributed by atoms with E-state index in [1.807, 2.05) is 37.3 Å². The Morgan fingerprint density at radius 3 is 2.46 bits per heavy atom. The molecule has 0 bridgehead atoms. The van der Waals surface area contributed by atoms with Crippen molar-refractivity contribution in [2.45, 2.75) is 12.8 Å². The molecule has 0 aliphatic heterocycles. The molecule has 0 saturated carbocycles. The number of benzene rings is 1. The summed E-state index contributed by atoms with van der Waals surface area (Å²) in [5.74, 6) is -0.137. The van der Waals surface area contributed by atoms with Crippen molar-refractivity contribution in [1.29, 1.82) is 0 Å². The lowest BCUT2D eigenvalue weighted by Crippen LogP contribution is -2.37. The summed E-state index contributed by atoms with van der Waals surface area (Å²) in [7, 11) is 1.68. The summed E-state index contributed by atoms with van der Waals surface area (Å²) in [4.78, 5) is 11.4. The summed E-state index contributed by atoms with van der Waals surface area (Å²) in [6, 6.07) is 9.68. The molecular weight excluding hydrogens is 164 g/mol. The number of rotatable bonds is 3. The van der Waals surface area contributed by atoms with Crippen LogP contribution >= 0.6 is 0 Å². The molecule has 0 aliphatic rings. The van der Waals surface area contributed by atoms with Crippen LogP contribution in [0.5, 0.6) is 0 Å². The van der Waals surface area contributed by atoms with Gasteiger partial charge in [0.2, 0.25) is 5.91 Å². The molecule has 13 heavy (non-hydrogen) atoms. The minimum Gasteiger partial charge on any atom is -0.291 e. The highest BCUT2D eigenvalue weighted by Crippen LogP contribution is 2.13. The van der Waals surface area contributed by atoms with Gasteiger partial charge in [-0.05, 0) is 12.5 Å². The number of carbonyl (C=O) groups excluding carboxylic acids is 1. The van der Waals surface area contributed by atoms with Gasteiger partial charge in [0.15, 0.2) is 0 Å². The van der Waals surface area contributed by atoms with E-state index in [-0.39, 0.29) is 11.8 Å². The zero-order chi connectivity index (χ0) is 9.68. The van der Waals surface area contributed by atoms with E-state index in [0.717, 1.165) is 5.56 Å². The highest BCUT2D eigenvalue weighted by molar-refractivity contribution is 5.82. The number of amides is 1. The molecule has 1 aromatic rings. The lowest BCUT2D eigenvalue weighted by atomic mass is 10.0. The zero-order valence-electron chi connectivity index (χ0n) is 7.87. The average Bonchev–Trinajstić information content (AvgIpc) is 2.18. The topological polar surface area (TPSA) is 41.1 Å². The highest BCUT2D eigenvalue weighted by Gasteiger charge is 2.12. The summed E-state index contributed by atoms with van der Waals surface area (Å²) in [5.41, 5.74) is 6.20. The molecule has 0 radical (unpaired) electrons. The van der Waals surface area contributed by atoms with Gasteiger partial charge in [-0.2, -0.15) is 0 Å². The summed E-state index contributed by atoms with van der Waals surface area (Å²) in [6.45, 7) is 1.88. The zero-order valence-corrected chi connectivity index (χ0v) is 7.87. The second-order valence-electron chi connectivity index (χ2n) is 2.87. The van der Waals surface area contributed by atoms with Gasteiger partial charge in [0.05, 0.1) is 5.92 Å². The van der Waals surface area contributed by atoms with Gasteiger partial charge < -0.3 is 0 Å². The Labute approximate surface area is 78.1 Å². The van der Waals surface area contributed by atoms with E-state index < -0.39 is 0 Å². The van der Waals surface area contributed by atoms with Crippen molar-refractivity contribution in [3.63, 3.8) is 0 Å². The lowest BCUT2D eigenvalue weighted by Gasteiger charge is -2.10. The van der Waals surface area contributed by atoms with Gasteiger partial charge in [0.1, 0.15) is 0 Å². The van der Waals surface area contributed by atoms with E-state index in [2.05, 4.69) is 10.9 Å². The van der Waals surface area contributed by atoms with Gasteiger partial charge in [-0.3, -0.25) is 10.2 Å². The maximum atomic E-state index is 11.4. The quantitative estimate of drug-likeness (QED) is 0.679. The molecule has 1 aromatic carbocycles. The Kier molecular flexibility index (Phi) is 3.46. The maximum Gasteiger partial charge on any atom is 0.241 e. The Bertz CT molecular complexity index is 272. The number of nitrogens with one attached hydrogen (secondary N) is 2. The van der Waals surface area contributed by atoms with Crippen LogP contribution in [0.4, 0.5) is 0 Å². The first-order valence-corrected chi connectivity index (χ1v) is 4.27. The third kappa shape index (κ3) is 2.56. The fourth-order valence-electron chi connectivity index (χ4n) is 1.12. The first-order chi connectivity index (χ1) is 6.25. The van der Waals surface area contributed by atoms with Crippen molar-refractivity contribution in [2.24, 2.45) is 0 Å². The van der Waals surface area contributed by atoms with Gasteiger partial charge >= 0.3 is 0 Å².